The van der Waals surface area contributed by atoms with Gasteiger partial charge in [-0.05, 0) is 33.1 Å². The van der Waals surface area contributed by atoms with E-state index in [-0.39, 0.29) is 11.6 Å². The van der Waals surface area contributed by atoms with Crippen LogP contribution in [0.2, 0.25) is 0 Å². The Bertz CT molecular complexity index is 196. The average Bonchev–Trinajstić information content (AvgIpc) is 2.31. The van der Waals surface area contributed by atoms with E-state index in [0.29, 0.717) is 5.92 Å². The molecule has 0 aromatic heterocycles. The summed E-state index contributed by atoms with van der Waals surface area (Å²) in [6.07, 6.45) is 1.14. The first kappa shape index (κ1) is 10.4. The van der Waals surface area contributed by atoms with E-state index in [4.69, 9.17) is 0 Å². The molecule has 1 fully saturated rings. The molecule has 76 valence electrons. The highest BCUT2D eigenvalue weighted by molar-refractivity contribution is 5.75. The third-order valence-electron chi connectivity index (χ3n) is 2.19. The predicted octanol–water partition coefficient (Wildman–Crippen LogP) is 1.84. The van der Waals surface area contributed by atoms with Gasteiger partial charge in [-0.2, -0.15) is 0 Å². The minimum Gasteiger partial charge on any atom is -0.333 e. The van der Waals surface area contributed by atoms with Crippen molar-refractivity contribution in [3.63, 3.8) is 0 Å². The van der Waals surface area contributed by atoms with Gasteiger partial charge in [0.15, 0.2) is 0 Å². The molecule has 1 N–H and O–H groups in total. The number of nitrogens with one attached hydrogen (secondary N) is 1. The monoisotopic (exact) mass is 184 g/mol. The normalized spacial score (nSPS) is 23.4. The van der Waals surface area contributed by atoms with Crippen LogP contribution >= 0.6 is 0 Å². The highest BCUT2D eigenvalue weighted by atomic mass is 16.2. The molecule has 1 aliphatic heterocycles. The molecule has 0 bridgehead atoms. The van der Waals surface area contributed by atoms with E-state index in [1.54, 1.807) is 0 Å². The van der Waals surface area contributed by atoms with Crippen LogP contribution < -0.4 is 5.32 Å². The van der Waals surface area contributed by atoms with Gasteiger partial charge in [0.05, 0.1) is 0 Å². The molecule has 1 saturated heterocycles. The van der Waals surface area contributed by atoms with E-state index in [1.165, 1.54) is 0 Å². The van der Waals surface area contributed by atoms with Crippen molar-refractivity contribution in [2.75, 3.05) is 13.1 Å². The lowest BCUT2D eigenvalue weighted by atomic mass is 10.1. The van der Waals surface area contributed by atoms with Gasteiger partial charge < -0.3 is 10.2 Å². The summed E-state index contributed by atoms with van der Waals surface area (Å²) >= 11 is 0. The number of hydrogen-bond acceptors (Lipinski definition) is 1. The van der Waals surface area contributed by atoms with Gasteiger partial charge in [-0.15, -0.1) is 0 Å². The Kier molecular flexibility index (Phi) is 2.84. The molecule has 2 amide bonds. The van der Waals surface area contributed by atoms with E-state index >= 15 is 0 Å². The van der Waals surface area contributed by atoms with Crippen molar-refractivity contribution in [1.82, 2.24) is 10.2 Å². The van der Waals surface area contributed by atoms with Gasteiger partial charge in [0.1, 0.15) is 0 Å². The van der Waals surface area contributed by atoms with E-state index in [0.717, 1.165) is 19.5 Å². The van der Waals surface area contributed by atoms with Crippen molar-refractivity contribution in [3.05, 3.63) is 0 Å². The molecule has 0 aromatic rings. The number of amides is 2. The summed E-state index contributed by atoms with van der Waals surface area (Å²) in [5.74, 6) is 0.658. The van der Waals surface area contributed by atoms with Crippen LogP contribution in [0.25, 0.3) is 0 Å². The molecule has 0 radical (unpaired) electrons. The summed E-state index contributed by atoms with van der Waals surface area (Å²) in [5, 5.41) is 2.97. The number of urea groups is 1. The molecule has 1 heterocycles. The van der Waals surface area contributed by atoms with Crippen LogP contribution in [-0.2, 0) is 0 Å². The van der Waals surface area contributed by atoms with Gasteiger partial charge in [0, 0.05) is 18.6 Å². The second kappa shape index (κ2) is 3.56. The molecule has 1 atom stereocenters. The molecule has 0 spiro atoms. The SMILES string of the molecule is CC1CCN(C(=O)NC(C)(C)C)C1. The number of hydrogen-bond donors (Lipinski definition) is 1. The summed E-state index contributed by atoms with van der Waals surface area (Å²) < 4.78 is 0. The van der Waals surface area contributed by atoms with Crippen LogP contribution in [0.1, 0.15) is 34.1 Å². The standard InChI is InChI=1S/C10H20N2O/c1-8-5-6-12(7-8)9(13)11-10(2,3)4/h8H,5-7H2,1-4H3,(H,11,13). The third kappa shape index (κ3) is 3.25. The van der Waals surface area contributed by atoms with Crippen LogP contribution in [0.3, 0.4) is 0 Å². The number of carbonyl (C=O) groups excluding carboxylic acids is 1. The summed E-state index contributed by atoms with van der Waals surface area (Å²) in [6, 6.07) is 0.0804. The van der Waals surface area contributed by atoms with Crippen molar-refractivity contribution < 1.29 is 4.79 Å². The minimum absolute atomic E-state index is 0.0804. The van der Waals surface area contributed by atoms with Gasteiger partial charge in [0.2, 0.25) is 0 Å². The molecule has 1 aliphatic rings. The Morgan fingerprint density at radius 2 is 2.08 bits per heavy atom. The summed E-state index contributed by atoms with van der Waals surface area (Å²) in [7, 11) is 0. The Hall–Kier alpha value is -0.730. The van der Waals surface area contributed by atoms with Gasteiger partial charge in [-0.25, -0.2) is 4.79 Å². The Labute approximate surface area is 80.5 Å². The number of carbonyl (C=O) groups is 1. The van der Waals surface area contributed by atoms with Crippen LogP contribution in [0.15, 0.2) is 0 Å². The third-order valence-corrected chi connectivity index (χ3v) is 2.19. The van der Waals surface area contributed by atoms with E-state index in [2.05, 4.69) is 12.2 Å². The zero-order valence-electron chi connectivity index (χ0n) is 9.05. The Morgan fingerprint density at radius 1 is 1.46 bits per heavy atom. The molecular weight excluding hydrogens is 164 g/mol. The quantitative estimate of drug-likeness (QED) is 0.612. The fourth-order valence-electron chi connectivity index (χ4n) is 1.52. The summed E-state index contributed by atoms with van der Waals surface area (Å²) in [5.41, 5.74) is -0.122. The van der Waals surface area contributed by atoms with Crippen molar-refractivity contribution in [3.8, 4) is 0 Å². The topological polar surface area (TPSA) is 32.3 Å². The second-order valence-electron chi connectivity index (χ2n) is 5.02. The largest absolute Gasteiger partial charge is 0.333 e. The van der Waals surface area contributed by atoms with Crippen LogP contribution in [0, 0.1) is 5.92 Å². The fraction of sp³-hybridized carbons (Fsp3) is 0.900. The number of likely N-dealkylation sites (tertiary alicyclic amines) is 1. The highest BCUT2D eigenvalue weighted by Gasteiger charge is 2.25. The zero-order valence-corrected chi connectivity index (χ0v) is 9.05. The molecule has 0 aromatic carbocycles. The molecule has 1 rings (SSSR count). The van der Waals surface area contributed by atoms with Crippen LogP contribution in [0.4, 0.5) is 4.79 Å². The lowest BCUT2D eigenvalue weighted by molar-refractivity contribution is 0.198. The fourth-order valence-corrected chi connectivity index (χ4v) is 1.52. The number of rotatable bonds is 0. The minimum atomic E-state index is -0.122. The smallest absolute Gasteiger partial charge is 0.317 e. The van der Waals surface area contributed by atoms with Gasteiger partial charge in [-0.1, -0.05) is 6.92 Å². The van der Waals surface area contributed by atoms with Gasteiger partial charge in [0.25, 0.3) is 0 Å². The molecule has 3 heteroatoms. The molecule has 0 saturated carbocycles. The molecule has 1 unspecified atom stereocenters. The van der Waals surface area contributed by atoms with Crippen molar-refractivity contribution >= 4 is 6.03 Å². The lowest BCUT2D eigenvalue weighted by Crippen LogP contribution is -2.47. The van der Waals surface area contributed by atoms with Crippen molar-refractivity contribution in [2.24, 2.45) is 5.92 Å². The Morgan fingerprint density at radius 3 is 2.46 bits per heavy atom. The first-order valence-corrected chi connectivity index (χ1v) is 4.95. The van der Waals surface area contributed by atoms with Crippen LogP contribution in [-0.4, -0.2) is 29.6 Å². The van der Waals surface area contributed by atoms with E-state index in [1.807, 2.05) is 25.7 Å². The van der Waals surface area contributed by atoms with E-state index < -0.39 is 0 Å². The Balaban J connectivity index is 2.41. The summed E-state index contributed by atoms with van der Waals surface area (Å²) in [6.45, 7) is 10.0. The maximum Gasteiger partial charge on any atom is 0.317 e. The number of nitrogens with zero attached hydrogens (tertiary/aromatic N) is 1. The zero-order chi connectivity index (χ0) is 10.1. The van der Waals surface area contributed by atoms with Gasteiger partial charge >= 0.3 is 6.03 Å². The molecule has 13 heavy (non-hydrogen) atoms. The van der Waals surface area contributed by atoms with Crippen molar-refractivity contribution in [1.29, 1.82) is 0 Å². The maximum atomic E-state index is 11.6. The second-order valence-corrected chi connectivity index (χ2v) is 5.02. The molecule has 0 aliphatic carbocycles. The first-order chi connectivity index (χ1) is 5.88. The summed E-state index contributed by atoms with van der Waals surface area (Å²) in [4.78, 5) is 13.5. The lowest BCUT2D eigenvalue weighted by Gasteiger charge is -2.25. The van der Waals surface area contributed by atoms with Gasteiger partial charge in [-0.3, -0.25) is 0 Å². The van der Waals surface area contributed by atoms with Crippen molar-refractivity contribution in [2.45, 2.75) is 39.7 Å². The van der Waals surface area contributed by atoms with Crippen LogP contribution in [0.5, 0.6) is 0 Å². The molecule has 3 nitrogen and oxygen atoms in total. The first-order valence-electron chi connectivity index (χ1n) is 4.95. The average molecular weight is 184 g/mol. The van der Waals surface area contributed by atoms with E-state index in [9.17, 15) is 4.79 Å². The maximum absolute atomic E-state index is 11.6. The predicted molar refractivity (Wildman–Crippen MR) is 53.6 cm³/mol. The highest BCUT2D eigenvalue weighted by Crippen LogP contribution is 2.15. The molecular formula is C10H20N2O.